The first-order chi connectivity index (χ1) is 29.3. The first-order valence-electron chi connectivity index (χ1n) is 22.0. The lowest BCUT2D eigenvalue weighted by molar-refractivity contribution is -0.135. The number of phenols is 1. The Balaban J connectivity index is 1.02. The third-order valence-corrected chi connectivity index (χ3v) is 12.9. The van der Waals surface area contributed by atoms with Crippen molar-refractivity contribution in [3.8, 4) is 11.5 Å². The highest BCUT2D eigenvalue weighted by molar-refractivity contribution is 6.01. The zero-order valence-corrected chi connectivity index (χ0v) is 38.5. The van der Waals surface area contributed by atoms with Crippen LogP contribution in [0.3, 0.4) is 0 Å². The fourth-order valence-corrected chi connectivity index (χ4v) is 10.8. The van der Waals surface area contributed by atoms with Crippen LogP contribution in [0.4, 0.5) is 20.1 Å². The summed E-state index contributed by atoms with van der Waals surface area (Å²) in [5, 5.41) is 18.5. The predicted octanol–water partition coefficient (Wildman–Crippen LogP) is 6.59. The number of aliphatic imine (C=N–C) groups is 1. The third-order valence-electron chi connectivity index (χ3n) is 12.9. The molecule has 2 aromatic carbocycles. The van der Waals surface area contributed by atoms with Crippen LogP contribution in [0.2, 0.25) is 0 Å². The monoisotopic (exact) mass is 872 g/mol. The summed E-state index contributed by atoms with van der Waals surface area (Å²) in [7, 11) is 3.82. The molecule has 3 saturated carbocycles. The number of alkyl carbamates (subject to hydrolysis) is 3. The van der Waals surface area contributed by atoms with Gasteiger partial charge in [-0.3, -0.25) is 30.1 Å². The van der Waals surface area contributed by atoms with Crippen LogP contribution in [-0.4, -0.2) is 102 Å². The standard InChI is InChI=1S/C47H64N6O10/c1-43(2,3)61-40(57)49-30(13-12-24-48-39(50-41(58)62-44(4,5)6)51-42(59)63-45(7,8)9)38(56)53(11)27-16-14-26(15-17-27)25-52(10)36-34-29-19-21-32(55)37-47(29)23-22-46(34,36)28-18-20-31(54)35(60-37)33(28)47/h14-18,20,29-30,34,36-37,54H,12-13,19,21-25H2,1-11H3,(H,49,57)(H2,48,50,51,58,59)/t29?,30-,34+,36?,37?,46?,47-/m0/s1. The van der Waals surface area contributed by atoms with Crippen molar-refractivity contribution in [2.75, 3.05) is 25.5 Å². The Morgan fingerprint density at radius 1 is 0.857 bits per heavy atom. The van der Waals surface area contributed by atoms with Crippen LogP contribution < -0.4 is 25.6 Å². The lowest BCUT2D eigenvalue weighted by Crippen LogP contribution is -2.58. The average molecular weight is 873 g/mol. The minimum Gasteiger partial charge on any atom is -0.504 e. The zero-order valence-electron chi connectivity index (χ0n) is 38.5. The summed E-state index contributed by atoms with van der Waals surface area (Å²) < 4.78 is 22.5. The summed E-state index contributed by atoms with van der Waals surface area (Å²) in [4.78, 5) is 73.8. The Kier molecular flexibility index (Phi) is 11.8. The first-order valence-corrected chi connectivity index (χ1v) is 22.0. The van der Waals surface area contributed by atoms with Crippen LogP contribution in [0.15, 0.2) is 41.4 Å². The lowest BCUT2D eigenvalue weighted by atomic mass is 9.48. The molecule has 0 saturated heterocycles. The predicted molar refractivity (Wildman–Crippen MR) is 235 cm³/mol. The number of benzene rings is 2. The maximum absolute atomic E-state index is 14.1. The van der Waals surface area contributed by atoms with E-state index >= 15 is 0 Å². The molecule has 4 amide bonds. The topological polar surface area (TPSA) is 197 Å². The van der Waals surface area contributed by atoms with Gasteiger partial charge in [-0.15, -0.1) is 0 Å². The van der Waals surface area contributed by atoms with Gasteiger partial charge in [0.1, 0.15) is 22.8 Å². The largest absolute Gasteiger partial charge is 0.504 e. The second-order valence-electron chi connectivity index (χ2n) is 20.8. The molecule has 5 aliphatic carbocycles. The molecule has 2 bridgehead atoms. The molecular weight excluding hydrogens is 809 g/mol. The summed E-state index contributed by atoms with van der Waals surface area (Å²) in [6.07, 6.45) is 0.710. The fourth-order valence-electron chi connectivity index (χ4n) is 10.8. The normalized spacial score (nSPS) is 25.4. The van der Waals surface area contributed by atoms with Crippen molar-refractivity contribution >= 4 is 41.6 Å². The van der Waals surface area contributed by atoms with Crippen LogP contribution in [0, 0.1) is 11.8 Å². The average Bonchev–Trinajstić information content (AvgIpc) is 3.72. The van der Waals surface area contributed by atoms with Gasteiger partial charge in [-0.25, -0.2) is 14.4 Å². The number of nitrogens with one attached hydrogen (secondary N) is 3. The van der Waals surface area contributed by atoms with E-state index in [2.05, 4.69) is 39.0 Å². The first kappa shape index (κ1) is 45.6. The van der Waals surface area contributed by atoms with E-state index in [-0.39, 0.29) is 59.7 Å². The fraction of sp³-hybridized carbons (Fsp3) is 0.617. The molecule has 4 unspecified atom stereocenters. The molecule has 0 radical (unpaired) electrons. The minimum atomic E-state index is -1.000. The number of likely N-dealkylation sites (N-methyl/N-ethyl adjacent to an activating group) is 2. The summed E-state index contributed by atoms with van der Waals surface area (Å²) in [6.45, 7) is 16.2. The summed E-state index contributed by atoms with van der Waals surface area (Å²) in [6, 6.07) is 10.9. The molecule has 16 heteroatoms. The molecule has 1 aliphatic heterocycles. The number of phenolic OH excluding ortho intramolecular Hbond substituents is 1. The highest BCUT2D eigenvalue weighted by Gasteiger charge is 2.82. The van der Waals surface area contributed by atoms with E-state index in [1.165, 1.54) is 10.5 Å². The van der Waals surface area contributed by atoms with Gasteiger partial charge in [0, 0.05) is 54.7 Å². The Morgan fingerprint density at radius 2 is 1.44 bits per heavy atom. The van der Waals surface area contributed by atoms with Gasteiger partial charge < -0.3 is 34.3 Å². The number of ketones is 1. The summed E-state index contributed by atoms with van der Waals surface area (Å²) in [5.41, 5.74) is 1.21. The molecule has 342 valence electrons. The Bertz CT molecular complexity index is 2160. The molecule has 0 aromatic heterocycles. The summed E-state index contributed by atoms with van der Waals surface area (Å²) in [5.74, 6) is 0.928. The van der Waals surface area contributed by atoms with Crippen molar-refractivity contribution in [1.29, 1.82) is 0 Å². The highest BCUT2D eigenvalue weighted by Crippen LogP contribution is 2.80. The Morgan fingerprint density at radius 3 is 2.05 bits per heavy atom. The zero-order chi connectivity index (χ0) is 46.0. The molecular formula is C47H64N6O10. The Labute approximate surface area is 369 Å². The molecule has 2 spiro atoms. The van der Waals surface area contributed by atoms with Gasteiger partial charge in [0.25, 0.3) is 0 Å². The number of hydrogen-bond acceptors (Lipinski definition) is 12. The van der Waals surface area contributed by atoms with Gasteiger partial charge >= 0.3 is 18.3 Å². The van der Waals surface area contributed by atoms with E-state index in [1.54, 1.807) is 75.4 Å². The number of fused-ring (bicyclic) bond motifs is 1. The number of guanidine groups is 1. The van der Waals surface area contributed by atoms with Crippen molar-refractivity contribution in [2.45, 2.75) is 153 Å². The maximum atomic E-state index is 14.1. The van der Waals surface area contributed by atoms with E-state index in [0.717, 1.165) is 30.4 Å². The number of nitrogens with zero attached hydrogens (tertiary/aromatic N) is 3. The second-order valence-corrected chi connectivity index (χ2v) is 20.8. The number of carbonyl (C=O) groups is 5. The molecule has 16 nitrogen and oxygen atoms in total. The molecule has 6 aliphatic rings. The number of carbonyl (C=O) groups excluding carboxylic acids is 5. The number of anilines is 1. The van der Waals surface area contributed by atoms with Crippen molar-refractivity contribution in [3.63, 3.8) is 0 Å². The molecule has 1 heterocycles. The van der Waals surface area contributed by atoms with E-state index in [0.29, 0.717) is 36.2 Å². The maximum Gasteiger partial charge on any atom is 0.414 e. The molecule has 3 fully saturated rings. The van der Waals surface area contributed by atoms with Crippen molar-refractivity contribution in [2.24, 2.45) is 16.8 Å². The van der Waals surface area contributed by atoms with Crippen molar-refractivity contribution < 1.29 is 48.0 Å². The van der Waals surface area contributed by atoms with Crippen LogP contribution in [0.25, 0.3) is 0 Å². The number of ether oxygens (including phenoxy) is 4. The number of hydrogen-bond donors (Lipinski definition) is 4. The molecule has 8 rings (SSSR count). The van der Waals surface area contributed by atoms with E-state index in [9.17, 15) is 29.1 Å². The van der Waals surface area contributed by atoms with E-state index < -0.39 is 47.2 Å². The van der Waals surface area contributed by atoms with Crippen LogP contribution >= 0.6 is 0 Å². The quantitative estimate of drug-likeness (QED) is 0.0870. The number of rotatable bonds is 10. The van der Waals surface area contributed by atoms with Crippen LogP contribution in [0.5, 0.6) is 11.5 Å². The molecule has 4 N–H and O–H groups in total. The van der Waals surface area contributed by atoms with Gasteiger partial charge in [-0.2, -0.15) is 0 Å². The molecule has 2 aromatic rings. The summed E-state index contributed by atoms with van der Waals surface area (Å²) >= 11 is 0. The van der Waals surface area contributed by atoms with Gasteiger partial charge in [-0.1, -0.05) is 18.2 Å². The molecule has 63 heavy (non-hydrogen) atoms. The van der Waals surface area contributed by atoms with Gasteiger partial charge in [0.05, 0.1) is 0 Å². The van der Waals surface area contributed by atoms with Crippen molar-refractivity contribution in [1.82, 2.24) is 20.9 Å². The Hall–Kier alpha value is -5.38. The van der Waals surface area contributed by atoms with E-state index in [1.807, 2.05) is 24.3 Å². The minimum absolute atomic E-state index is 0.0452. The lowest BCUT2D eigenvalue weighted by Gasteiger charge is -2.53. The second kappa shape index (κ2) is 16.3. The van der Waals surface area contributed by atoms with Crippen LogP contribution in [-0.2, 0) is 41.2 Å². The van der Waals surface area contributed by atoms with E-state index in [4.69, 9.17) is 18.9 Å². The smallest absolute Gasteiger partial charge is 0.414 e. The van der Waals surface area contributed by atoms with Crippen LogP contribution in [0.1, 0.15) is 118 Å². The number of Topliss-reactive ketones (excluding diaryl/α,β-unsaturated/α-hetero) is 1. The third kappa shape index (κ3) is 8.92. The number of amides is 4. The van der Waals surface area contributed by atoms with Gasteiger partial charge in [-0.05, 0) is 143 Å². The SMILES string of the molecule is CN(C(=O)[C@H](CCCN=C(NC(=O)OC(C)(C)C)NC(=O)OC(C)(C)C)NC(=O)OC(C)(C)C)c1ccc(CN(C)C2[C@H]3C4CCC(=O)C5Oc6c(O)ccc7c6[C@@]54CCC723)cc1. The van der Waals surface area contributed by atoms with Crippen molar-refractivity contribution in [3.05, 3.63) is 53.1 Å². The van der Waals surface area contributed by atoms with Gasteiger partial charge in [0.2, 0.25) is 11.9 Å². The van der Waals surface area contributed by atoms with Gasteiger partial charge in [0.15, 0.2) is 23.4 Å². The highest BCUT2D eigenvalue weighted by atomic mass is 16.6. The molecule has 7 atom stereocenters. The number of aromatic hydroxyl groups is 1.